The van der Waals surface area contributed by atoms with Gasteiger partial charge in [-0.25, -0.2) is 0 Å². The fourth-order valence-corrected chi connectivity index (χ4v) is 3.77. The van der Waals surface area contributed by atoms with Gasteiger partial charge in [-0.15, -0.1) is 0 Å². The van der Waals surface area contributed by atoms with Crippen molar-refractivity contribution in [2.75, 3.05) is 12.4 Å². The monoisotopic (exact) mass is 323 g/mol. The second-order valence-corrected chi connectivity index (χ2v) is 6.96. The number of hydrogen-bond acceptors (Lipinski definition) is 4. The van der Waals surface area contributed by atoms with Gasteiger partial charge in [0.15, 0.2) is 0 Å². The summed E-state index contributed by atoms with van der Waals surface area (Å²) in [5.41, 5.74) is 5.79. The Kier molecular flexibility index (Phi) is 3.15. The highest BCUT2D eigenvalue weighted by Gasteiger charge is 2.32. The lowest BCUT2D eigenvalue weighted by molar-refractivity contribution is -0.0215. The van der Waals surface area contributed by atoms with Crippen LogP contribution in [0.25, 0.3) is 16.7 Å². The van der Waals surface area contributed by atoms with Crippen molar-refractivity contribution in [1.29, 1.82) is 0 Å². The van der Waals surface area contributed by atoms with Gasteiger partial charge >= 0.3 is 0 Å². The van der Waals surface area contributed by atoms with Crippen LogP contribution in [-0.2, 0) is 0 Å². The third kappa shape index (κ3) is 2.18. The van der Waals surface area contributed by atoms with E-state index < -0.39 is 6.29 Å². The molecule has 4 rings (SSSR count). The molecule has 0 spiro atoms. The second-order valence-electron chi connectivity index (χ2n) is 6.96. The van der Waals surface area contributed by atoms with E-state index in [2.05, 4.69) is 38.2 Å². The smallest absolute Gasteiger partial charge is 0.225 e. The quantitative estimate of drug-likeness (QED) is 0.819. The average Bonchev–Trinajstić information content (AvgIpc) is 2.53. The fraction of sp³-hybridized carbons (Fsp3) is 0.300. The standard InChI is InChI=1S/C20H21NO3/c1-11-10-20(2,3)21-15-7-6-13-14-9-12(23-4)5-8-16(14)24-19(22)18(13)17(11)15/h5-10,19,21-22H,1-4H3/t19-/m1/s1. The van der Waals surface area contributed by atoms with Crippen molar-refractivity contribution in [3.8, 4) is 22.6 Å². The number of fused-ring (bicyclic) bond motifs is 5. The molecule has 2 aromatic carbocycles. The Morgan fingerprint density at radius 2 is 1.96 bits per heavy atom. The molecular weight excluding hydrogens is 302 g/mol. The van der Waals surface area contributed by atoms with E-state index >= 15 is 0 Å². The SMILES string of the molecule is COc1ccc2c(c1)-c1ccc3c(c1[C@H](O)O2)C(C)=CC(C)(C)N3. The van der Waals surface area contributed by atoms with Crippen LogP contribution in [0, 0.1) is 0 Å². The molecule has 0 saturated heterocycles. The summed E-state index contributed by atoms with van der Waals surface area (Å²) in [7, 11) is 1.65. The fourth-order valence-electron chi connectivity index (χ4n) is 3.77. The van der Waals surface area contributed by atoms with Crippen molar-refractivity contribution in [3.63, 3.8) is 0 Å². The molecule has 1 atom stereocenters. The average molecular weight is 323 g/mol. The second kappa shape index (κ2) is 5.02. The Morgan fingerprint density at radius 3 is 2.71 bits per heavy atom. The molecule has 24 heavy (non-hydrogen) atoms. The lowest BCUT2D eigenvalue weighted by Gasteiger charge is -2.35. The number of methoxy groups -OCH3 is 1. The predicted molar refractivity (Wildman–Crippen MR) is 95.4 cm³/mol. The first kappa shape index (κ1) is 15.1. The topological polar surface area (TPSA) is 50.7 Å². The first-order chi connectivity index (χ1) is 11.4. The first-order valence-electron chi connectivity index (χ1n) is 8.08. The largest absolute Gasteiger partial charge is 0.497 e. The van der Waals surface area contributed by atoms with Crippen LogP contribution in [0.4, 0.5) is 5.69 Å². The number of aliphatic hydroxyl groups is 1. The maximum absolute atomic E-state index is 10.6. The summed E-state index contributed by atoms with van der Waals surface area (Å²) in [4.78, 5) is 0. The summed E-state index contributed by atoms with van der Waals surface area (Å²) in [6.07, 6.45) is 1.20. The molecule has 0 aliphatic carbocycles. The molecule has 0 aromatic heterocycles. The van der Waals surface area contributed by atoms with Crippen LogP contribution in [-0.4, -0.2) is 17.8 Å². The van der Waals surface area contributed by atoms with E-state index in [0.29, 0.717) is 5.75 Å². The third-order valence-electron chi connectivity index (χ3n) is 4.64. The Morgan fingerprint density at radius 1 is 1.17 bits per heavy atom. The van der Waals surface area contributed by atoms with E-state index in [1.807, 2.05) is 24.3 Å². The summed E-state index contributed by atoms with van der Waals surface area (Å²) >= 11 is 0. The van der Waals surface area contributed by atoms with Gasteiger partial charge in [0.25, 0.3) is 0 Å². The molecule has 0 bridgehead atoms. The molecule has 2 heterocycles. The molecule has 0 unspecified atom stereocenters. The molecule has 4 heteroatoms. The van der Waals surface area contributed by atoms with E-state index in [0.717, 1.165) is 39.3 Å². The zero-order valence-corrected chi connectivity index (χ0v) is 14.3. The van der Waals surface area contributed by atoms with Crippen LogP contribution < -0.4 is 14.8 Å². The van der Waals surface area contributed by atoms with Crippen LogP contribution in [0.5, 0.6) is 11.5 Å². The van der Waals surface area contributed by atoms with Gasteiger partial charge < -0.3 is 19.9 Å². The normalized spacial score (nSPS) is 19.9. The molecule has 2 aliphatic heterocycles. The zero-order valence-electron chi connectivity index (χ0n) is 14.3. The summed E-state index contributed by atoms with van der Waals surface area (Å²) < 4.78 is 11.1. The summed E-state index contributed by atoms with van der Waals surface area (Å²) in [6, 6.07) is 9.74. The van der Waals surface area contributed by atoms with Gasteiger partial charge in [-0.3, -0.25) is 0 Å². The van der Waals surface area contributed by atoms with Gasteiger partial charge in [-0.1, -0.05) is 12.1 Å². The van der Waals surface area contributed by atoms with Gasteiger partial charge in [-0.05, 0) is 56.2 Å². The number of allylic oxidation sites excluding steroid dienone is 1. The highest BCUT2D eigenvalue weighted by Crippen LogP contribution is 2.48. The molecule has 0 radical (unpaired) electrons. The van der Waals surface area contributed by atoms with Crippen molar-refractivity contribution >= 4 is 11.3 Å². The van der Waals surface area contributed by atoms with Crippen LogP contribution in [0.2, 0.25) is 0 Å². The Hall–Kier alpha value is -2.46. The number of anilines is 1. The molecular formula is C20H21NO3. The van der Waals surface area contributed by atoms with Crippen LogP contribution >= 0.6 is 0 Å². The molecule has 124 valence electrons. The Balaban J connectivity index is 1.98. The lowest BCUT2D eigenvalue weighted by atomic mass is 9.84. The van der Waals surface area contributed by atoms with Crippen molar-refractivity contribution < 1.29 is 14.6 Å². The Labute approximate surface area is 141 Å². The van der Waals surface area contributed by atoms with E-state index in [1.165, 1.54) is 0 Å². The number of rotatable bonds is 1. The number of aliphatic hydroxyl groups excluding tert-OH is 1. The zero-order chi connectivity index (χ0) is 17.1. The van der Waals surface area contributed by atoms with Crippen molar-refractivity contribution in [2.45, 2.75) is 32.6 Å². The number of hydrogen-bond donors (Lipinski definition) is 2. The van der Waals surface area contributed by atoms with Gasteiger partial charge in [0.1, 0.15) is 11.5 Å². The molecule has 2 aromatic rings. The molecule has 2 aliphatic rings. The minimum Gasteiger partial charge on any atom is -0.497 e. The van der Waals surface area contributed by atoms with Crippen LogP contribution in [0.3, 0.4) is 0 Å². The van der Waals surface area contributed by atoms with Crippen LogP contribution in [0.15, 0.2) is 36.4 Å². The van der Waals surface area contributed by atoms with Crippen LogP contribution in [0.1, 0.15) is 38.2 Å². The highest BCUT2D eigenvalue weighted by atomic mass is 16.6. The van der Waals surface area contributed by atoms with Gasteiger partial charge in [0.05, 0.1) is 12.6 Å². The third-order valence-corrected chi connectivity index (χ3v) is 4.64. The maximum atomic E-state index is 10.6. The molecule has 0 fully saturated rings. The van der Waals surface area contributed by atoms with E-state index in [4.69, 9.17) is 9.47 Å². The lowest BCUT2D eigenvalue weighted by Crippen LogP contribution is -2.32. The van der Waals surface area contributed by atoms with Crippen molar-refractivity contribution in [2.24, 2.45) is 0 Å². The summed E-state index contributed by atoms with van der Waals surface area (Å²) in [6.45, 7) is 6.34. The van der Waals surface area contributed by atoms with Gasteiger partial charge in [0.2, 0.25) is 6.29 Å². The van der Waals surface area contributed by atoms with E-state index in [9.17, 15) is 5.11 Å². The summed E-state index contributed by atoms with van der Waals surface area (Å²) in [5, 5.41) is 14.1. The molecule has 0 amide bonds. The van der Waals surface area contributed by atoms with Crippen molar-refractivity contribution in [1.82, 2.24) is 0 Å². The van der Waals surface area contributed by atoms with Gasteiger partial charge in [-0.2, -0.15) is 0 Å². The number of ether oxygens (including phenoxy) is 2. The van der Waals surface area contributed by atoms with E-state index in [1.54, 1.807) is 7.11 Å². The molecule has 0 saturated carbocycles. The predicted octanol–water partition coefficient (Wildman–Crippen LogP) is 4.35. The van der Waals surface area contributed by atoms with Gasteiger partial charge in [0, 0.05) is 22.4 Å². The highest BCUT2D eigenvalue weighted by molar-refractivity contribution is 5.89. The molecule has 2 N–H and O–H groups in total. The van der Waals surface area contributed by atoms with E-state index in [-0.39, 0.29) is 5.54 Å². The first-order valence-corrected chi connectivity index (χ1v) is 8.08. The minimum atomic E-state index is -0.984. The summed E-state index contributed by atoms with van der Waals surface area (Å²) in [5.74, 6) is 1.44. The number of nitrogens with one attached hydrogen (secondary N) is 1. The maximum Gasteiger partial charge on any atom is 0.225 e. The van der Waals surface area contributed by atoms with Crippen molar-refractivity contribution in [3.05, 3.63) is 47.5 Å². The Bertz CT molecular complexity index is 867. The number of benzene rings is 2. The molecule has 4 nitrogen and oxygen atoms in total. The minimum absolute atomic E-state index is 0.118.